The van der Waals surface area contributed by atoms with E-state index >= 15 is 0 Å². The number of esters is 1. The van der Waals surface area contributed by atoms with E-state index in [1.807, 2.05) is 0 Å². The first-order valence-electron chi connectivity index (χ1n) is 9.79. The summed E-state index contributed by atoms with van der Waals surface area (Å²) < 4.78 is 32.4. The molecular weight excluding hydrogens is 492 g/mol. The van der Waals surface area contributed by atoms with E-state index in [-0.39, 0.29) is 28.1 Å². The minimum absolute atomic E-state index is 0.0767. The lowest BCUT2D eigenvalue weighted by atomic mass is 9.98. The van der Waals surface area contributed by atoms with Crippen LogP contribution < -0.4 is 5.32 Å². The number of hydrogen-bond acceptors (Lipinski definition) is 10. The van der Waals surface area contributed by atoms with Crippen LogP contribution in [0.4, 0.5) is 10.8 Å². The summed E-state index contributed by atoms with van der Waals surface area (Å²) in [6.07, 6.45) is 0.614. The van der Waals surface area contributed by atoms with E-state index in [4.69, 9.17) is 4.74 Å². The average Bonchev–Trinajstić information content (AvgIpc) is 3.47. The highest BCUT2D eigenvalue weighted by Crippen LogP contribution is 2.29. The number of benzene rings is 1. The molecule has 1 aromatic carbocycles. The molecule has 1 amide bonds. The number of hydrogen-bond donors (Lipinski definition) is 1. The number of thiophene rings is 1. The molecule has 0 spiro atoms. The second-order valence-electron chi connectivity index (χ2n) is 7.19. The summed E-state index contributed by atoms with van der Waals surface area (Å²) in [6, 6.07) is 7.40. The van der Waals surface area contributed by atoms with Crippen LogP contribution >= 0.6 is 22.7 Å². The Hall–Kier alpha value is -2.94. The molecule has 0 radical (unpaired) electrons. The monoisotopic (exact) mass is 510 g/mol. The molecule has 0 atom stereocenters. The maximum Gasteiger partial charge on any atom is 0.309 e. The van der Waals surface area contributed by atoms with Crippen LogP contribution in [0.25, 0.3) is 10.2 Å². The quantitative estimate of drug-likeness (QED) is 0.290. The fourth-order valence-electron chi connectivity index (χ4n) is 3.36. The van der Waals surface area contributed by atoms with Crippen molar-refractivity contribution >= 4 is 65.6 Å². The van der Waals surface area contributed by atoms with Gasteiger partial charge < -0.3 is 4.74 Å². The summed E-state index contributed by atoms with van der Waals surface area (Å²) in [7, 11) is -3.55. The molecule has 0 aliphatic carbocycles. The highest BCUT2D eigenvalue weighted by Gasteiger charge is 2.33. The second kappa shape index (κ2) is 9.51. The largest absolute Gasteiger partial charge is 0.455 e. The molecule has 1 saturated heterocycles. The number of non-ortho nitro benzene ring substituents is 1. The predicted octanol–water partition coefficient (Wildman–Crippen LogP) is 2.85. The molecule has 0 bridgehead atoms. The number of nitro groups is 1. The Morgan fingerprint density at radius 1 is 1.27 bits per heavy atom. The lowest BCUT2D eigenvalue weighted by molar-refractivity contribution is -0.384. The molecule has 174 valence electrons. The van der Waals surface area contributed by atoms with Crippen LogP contribution in [0.5, 0.6) is 0 Å². The summed E-state index contributed by atoms with van der Waals surface area (Å²) in [5.74, 6) is -1.64. The van der Waals surface area contributed by atoms with Crippen LogP contribution in [0.1, 0.15) is 12.8 Å². The van der Waals surface area contributed by atoms with Crippen LogP contribution in [-0.4, -0.2) is 54.2 Å². The fourth-order valence-corrected chi connectivity index (χ4v) is 6.89. The first-order chi connectivity index (χ1) is 15.7. The molecule has 1 aliphatic heterocycles. The maximum atomic E-state index is 12.6. The van der Waals surface area contributed by atoms with Crippen molar-refractivity contribution in [3.8, 4) is 0 Å². The van der Waals surface area contributed by atoms with E-state index in [2.05, 4.69) is 10.3 Å². The number of fused-ring (bicyclic) bond motifs is 1. The molecule has 0 unspecified atom stereocenters. The fraction of sp³-hybridized carbons (Fsp3) is 0.316. The number of aromatic nitrogens is 1. The van der Waals surface area contributed by atoms with E-state index in [1.54, 1.807) is 17.5 Å². The Kier molecular flexibility index (Phi) is 6.69. The second-order valence-corrected chi connectivity index (χ2v) is 11.3. The summed E-state index contributed by atoms with van der Waals surface area (Å²) in [4.78, 5) is 39.0. The van der Waals surface area contributed by atoms with E-state index in [0.29, 0.717) is 23.1 Å². The first-order valence-corrected chi connectivity index (χ1v) is 12.9. The Bertz CT molecular complexity index is 1300. The molecule has 1 N–H and O–H groups in total. The number of piperidine rings is 1. The van der Waals surface area contributed by atoms with Gasteiger partial charge >= 0.3 is 5.97 Å². The SMILES string of the molecule is O=C(COC(=O)C1CCN(S(=O)(=O)c2cccs2)CC1)Nc1nc2ccc([N+](=O)[O-])cc2s1. The minimum atomic E-state index is -3.55. The van der Waals surface area contributed by atoms with Gasteiger partial charge in [0.1, 0.15) is 4.21 Å². The Labute approximate surface area is 196 Å². The van der Waals surface area contributed by atoms with Crippen molar-refractivity contribution in [2.24, 2.45) is 5.92 Å². The van der Waals surface area contributed by atoms with E-state index in [1.165, 1.54) is 22.5 Å². The third-order valence-electron chi connectivity index (χ3n) is 5.05. The number of carbonyl (C=O) groups is 2. The molecule has 2 aromatic heterocycles. The van der Waals surface area contributed by atoms with Gasteiger partial charge in [-0.05, 0) is 30.4 Å². The van der Waals surface area contributed by atoms with Gasteiger partial charge in [-0.25, -0.2) is 13.4 Å². The Balaban J connectivity index is 1.26. The molecule has 3 heterocycles. The van der Waals surface area contributed by atoms with Crippen LogP contribution in [-0.2, 0) is 24.3 Å². The number of ether oxygens (including phenoxy) is 1. The third kappa shape index (κ3) is 5.19. The lowest BCUT2D eigenvalue weighted by Gasteiger charge is -2.29. The van der Waals surface area contributed by atoms with Gasteiger partial charge in [0.05, 0.1) is 21.1 Å². The van der Waals surface area contributed by atoms with Gasteiger partial charge in [0, 0.05) is 25.2 Å². The Morgan fingerprint density at radius 3 is 2.70 bits per heavy atom. The highest BCUT2D eigenvalue weighted by atomic mass is 32.2. The van der Waals surface area contributed by atoms with Gasteiger partial charge in [-0.2, -0.15) is 4.31 Å². The first kappa shape index (κ1) is 23.2. The number of carbonyl (C=O) groups excluding carboxylic acids is 2. The van der Waals surface area contributed by atoms with Crippen LogP contribution in [0.2, 0.25) is 0 Å². The third-order valence-corrected chi connectivity index (χ3v) is 9.26. The van der Waals surface area contributed by atoms with Gasteiger partial charge in [-0.15, -0.1) is 11.3 Å². The number of amides is 1. The Morgan fingerprint density at radius 2 is 2.03 bits per heavy atom. The smallest absolute Gasteiger partial charge is 0.309 e. The molecule has 1 aliphatic rings. The standard InChI is InChI=1S/C19H18N4O7S3/c24-16(21-19-20-14-4-3-13(23(26)27)10-15(14)32-19)11-30-18(25)12-5-7-22(8-6-12)33(28,29)17-2-1-9-31-17/h1-4,9-10,12H,5-8,11H2,(H,20,21,24). The average molecular weight is 511 g/mol. The number of anilines is 1. The van der Waals surface area contributed by atoms with Gasteiger partial charge in [-0.3, -0.25) is 25.0 Å². The zero-order chi connectivity index (χ0) is 23.6. The number of nitrogens with zero attached hydrogens (tertiary/aromatic N) is 3. The van der Waals surface area contributed by atoms with Gasteiger partial charge in [0.25, 0.3) is 21.6 Å². The summed E-state index contributed by atoms with van der Waals surface area (Å²) in [5, 5.41) is 15.3. The van der Waals surface area contributed by atoms with Crippen molar-refractivity contribution in [1.29, 1.82) is 0 Å². The molecular formula is C19H18N4O7S3. The number of sulfonamides is 1. The number of thiazole rings is 1. The van der Waals surface area contributed by atoms with Crippen LogP contribution in [0.3, 0.4) is 0 Å². The maximum absolute atomic E-state index is 12.6. The number of nitro benzene ring substituents is 1. The predicted molar refractivity (Wildman–Crippen MR) is 122 cm³/mol. The molecule has 1 fully saturated rings. The molecule has 14 heteroatoms. The van der Waals surface area contributed by atoms with Crippen molar-refractivity contribution in [1.82, 2.24) is 9.29 Å². The van der Waals surface area contributed by atoms with Crippen molar-refractivity contribution in [3.63, 3.8) is 0 Å². The molecule has 4 rings (SSSR count). The molecule has 3 aromatic rings. The van der Waals surface area contributed by atoms with E-state index < -0.39 is 39.3 Å². The zero-order valence-electron chi connectivity index (χ0n) is 17.0. The van der Waals surface area contributed by atoms with E-state index in [0.717, 1.165) is 22.7 Å². The molecule has 11 nitrogen and oxygen atoms in total. The molecule has 33 heavy (non-hydrogen) atoms. The van der Waals surface area contributed by atoms with Gasteiger partial charge in [0.15, 0.2) is 11.7 Å². The van der Waals surface area contributed by atoms with E-state index in [9.17, 15) is 28.1 Å². The van der Waals surface area contributed by atoms with Gasteiger partial charge in [0.2, 0.25) is 0 Å². The summed E-state index contributed by atoms with van der Waals surface area (Å²) >= 11 is 2.22. The van der Waals surface area contributed by atoms with Crippen molar-refractivity contribution < 1.29 is 27.7 Å². The normalized spacial score (nSPS) is 15.4. The minimum Gasteiger partial charge on any atom is -0.455 e. The van der Waals surface area contributed by atoms with Gasteiger partial charge in [-0.1, -0.05) is 17.4 Å². The number of nitrogens with one attached hydrogen (secondary N) is 1. The summed E-state index contributed by atoms with van der Waals surface area (Å²) in [6.45, 7) is -0.114. The summed E-state index contributed by atoms with van der Waals surface area (Å²) in [5.41, 5.74) is 0.425. The number of rotatable bonds is 7. The molecule has 0 saturated carbocycles. The van der Waals surface area contributed by atoms with Crippen LogP contribution in [0.15, 0.2) is 39.9 Å². The van der Waals surface area contributed by atoms with Crippen molar-refractivity contribution in [3.05, 3.63) is 45.8 Å². The highest BCUT2D eigenvalue weighted by molar-refractivity contribution is 7.91. The van der Waals surface area contributed by atoms with Crippen molar-refractivity contribution in [2.45, 2.75) is 17.1 Å². The lowest BCUT2D eigenvalue weighted by Crippen LogP contribution is -2.40. The zero-order valence-corrected chi connectivity index (χ0v) is 19.5. The topological polar surface area (TPSA) is 149 Å². The van der Waals surface area contributed by atoms with Crippen molar-refractivity contribution in [2.75, 3.05) is 25.0 Å². The van der Waals surface area contributed by atoms with Crippen LogP contribution in [0, 0.1) is 16.0 Å².